The number of aliphatic hydroxyl groups is 1. The highest BCUT2D eigenvalue weighted by Gasteiger charge is 2.23. The van der Waals surface area contributed by atoms with E-state index < -0.39 is 0 Å². The summed E-state index contributed by atoms with van der Waals surface area (Å²) < 4.78 is 8.17. The van der Waals surface area contributed by atoms with Crippen molar-refractivity contribution in [2.75, 3.05) is 13.1 Å². The van der Waals surface area contributed by atoms with E-state index >= 15 is 0 Å². The summed E-state index contributed by atoms with van der Waals surface area (Å²) in [5, 5.41) is 15.2. The molecule has 166 valence electrons. The SMILES string of the molecule is CC[C@H](O)CN(Cc1c(-c2ccccc2)nn(C)c1Oc1ccc(C)cc1)CC(C)C. The number of benzene rings is 2. The molecule has 0 saturated heterocycles. The van der Waals surface area contributed by atoms with E-state index in [1.807, 2.05) is 61.1 Å². The van der Waals surface area contributed by atoms with Crippen molar-refractivity contribution in [2.24, 2.45) is 13.0 Å². The summed E-state index contributed by atoms with van der Waals surface area (Å²) in [5.41, 5.74) is 4.22. The molecule has 1 heterocycles. The minimum absolute atomic E-state index is 0.350. The molecule has 0 bridgehead atoms. The maximum Gasteiger partial charge on any atom is 0.222 e. The van der Waals surface area contributed by atoms with Crippen LogP contribution >= 0.6 is 0 Å². The molecule has 0 spiro atoms. The van der Waals surface area contributed by atoms with Gasteiger partial charge in [-0.25, -0.2) is 4.68 Å². The Morgan fingerprint density at radius 3 is 2.32 bits per heavy atom. The Morgan fingerprint density at radius 1 is 1.03 bits per heavy atom. The first-order chi connectivity index (χ1) is 14.9. The van der Waals surface area contributed by atoms with E-state index in [4.69, 9.17) is 9.84 Å². The van der Waals surface area contributed by atoms with Crippen LogP contribution in [-0.4, -0.2) is 39.0 Å². The zero-order chi connectivity index (χ0) is 22.4. The number of aliphatic hydroxyl groups excluding tert-OH is 1. The van der Waals surface area contributed by atoms with Gasteiger partial charge in [-0.15, -0.1) is 0 Å². The van der Waals surface area contributed by atoms with E-state index in [0.717, 1.165) is 41.4 Å². The van der Waals surface area contributed by atoms with Crippen molar-refractivity contribution >= 4 is 0 Å². The lowest BCUT2D eigenvalue weighted by atomic mass is 10.1. The van der Waals surface area contributed by atoms with Crippen molar-refractivity contribution in [3.8, 4) is 22.9 Å². The molecule has 0 aliphatic carbocycles. The lowest BCUT2D eigenvalue weighted by Gasteiger charge is -2.26. The fraction of sp³-hybridized carbons (Fsp3) is 0.423. The first-order valence-electron chi connectivity index (χ1n) is 11.1. The van der Waals surface area contributed by atoms with Gasteiger partial charge in [0.25, 0.3) is 0 Å². The molecule has 0 aliphatic heterocycles. The van der Waals surface area contributed by atoms with Crippen LogP contribution in [0, 0.1) is 12.8 Å². The second kappa shape index (κ2) is 10.6. The van der Waals surface area contributed by atoms with Gasteiger partial charge in [0.15, 0.2) is 0 Å². The van der Waals surface area contributed by atoms with Crippen molar-refractivity contribution < 1.29 is 9.84 Å². The van der Waals surface area contributed by atoms with Crippen LogP contribution in [0.25, 0.3) is 11.3 Å². The summed E-state index contributed by atoms with van der Waals surface area (Å²) in [6.07, 6.45) is 0.386. The van der Waals surface area contributed by atoms with Crippen molar-refractivity contribution in [3.05, 3.63) is 65.7 Å². The third kappa shape index (κ3) is 6.18. The van der Waals surface area contributed by atoms with Crippen LogP contribution in [0.1, 0.15) is 38.3 Å². The molecule has 0 fully saturated rings. The Balaban J connectivity index is 2.02. The van der Waals surface area contributed by atoms with Crippen LogP contribution in [0.3, 0.4) is 0 Å². The first kappa shape index (κ1) is 23.0. The Morgan fingerprint density at radius 2 is 1.71 bits per heavy atom. The van der Waals surface area contributed by atoms with Gasteiger partial charge in [-0.2, -0.15) is 5.10 Å². The summed E-state index contributed by atoms with van der Waals surface area (Å²) >= 11 is 0. The third-order valence-electron chi connectivity index (χ3n) is 5.32. The molecular weight excluding hydrogens is 386 g/mol. The van der Waals surface area contributed by atoms with Crippen molar-refractivity contribution in [1.29, 1.82) is 0 Å². The highest BCUT2D eigenvalue weighted by atomic mass is 16.5. The maximum absolute atomic E-state index is 10.3. The van der Waals surface area contributed by atoms with E-state index in [1.165, 1.54) is 5.56 Å². The molecule has 0 saturated carbocycles. The molecule has 5 heteroatoms. The number of aryl methyl sites for hydroxylation is 2. The zero-order valence-corrected chi connectivity index (χ0v) is 19.4. The predicted octanol–water partition coefficient (Wildman–Crippen LogP) is 5.42. The molecule has 0 amide bonds. The molecule has 1 N–H and O–H groups in total. The second-order valence-corrected chi connectivity index (χ2v) is 8.69. The van der Waals surface area contributed by atoms with Gasteiger partial charge in [-0.05, 0) is 31.4 Å². The van der Waals surface area contributed by atoms with Crippen molar-refractivity contribution in [1.82, 2.24) is 14.7 Å². The number of hydrogen-bond acceptors (Lipinski definition) is 4. The van der Waals surface area contributed by atoms with Crippen LogP contribution in [-0.2, 0) is 13.6 Å². The monoisotopic (exact) mass is 421 g/mol. The molecule has 3 aromatic rings. The quantitative estimate of drug-likeness (QED) is 0.475. The molecule has 0 unspecified atom stereocenters. The standard InChI is InChI=1S/C26H35N3O2/c1-6-22(30)17-29(16-19(2)3)18-24-25(21-10-8-7-9-11-21)27-28(5)26(24)31-23-14-12-20(4)13-15-23/h7-15,19,22,30H,6,16-18H2,1-5H3/t22-/m0/s1. The Labute approximate surface area is 186 Å². The van der Waals surface area contributed by atoms with Gasteiger partial charge >= 0.3 is 0 Å². The van der Waals surface area contributed by atoms with Crippen molar-refractivity contribution in [3.63, 3.8) is 0 Å². The van der Waals surface area contributed by atoms with E-state index in [1.54, 1.807) is 0 Å². The van der Waals surface area contributed by atoms with Gasteiger partial charge in [0.05, 0.1) is 11.7 Å². The summed E-state index contributed by atoms with van der Waals surface area (Å²) in [5.74, 6) is 2.02. The van der Waals surface area contributed by atoms with Crippen LogP contribution in [0.5, 0.6) is 11.6 Å². The summed E-state index contributed by atoms with van der Waals surface area (Å²) in [4.78, 5) is 2.31. The highest BCUT2D eigenvalue weighted by molar-refractivity contribution is 5.65. The second-order valence-electron chi connectivity index (χ2n) is 8.69. The largest absolute Gasteiger partial charge is 0.439 e. The van der Waals surface area contributed by atoms with Crippen LogP contribution in [0.4, 0.5) is 0 Å². The van der Waals surface area contributed by atoms with E-state index in [9.17, 15) is 5.11 Å². The van der Waals surface area contributed by atoms with E-state index in [0.29, 0.717) is 19.0 Å². The maximum atomic E-state index is 10.3. The molecule has 5 nitrogen and oxygen atoms in total. The molecule has 0 radical (unpaired) electrons. The fourth-order valence-corrected chi connectivity index (χ4v) is 3.74. The topological polar surface area (TPSA) is 50.5 Å². The molecule has 2 aromatic carbocycles. The normalized spacial score (nSPS) is 12.5. The summed E-state index contributed by atoms with van der Waals surface area (Å²) in [6.45, 7) is 10.7. The molecule has 1 aromatic heterocycles. The average Bonchev–Trinajstić information content (AvgIpc) is 3.05. The molecule has 1 atom stereocenters. The number of nitrogens with zero attached hydrogens (tertiary/aromatic N) is 3. The summed E-state index contributed by atoms with van der Waals surface area (Å²) in [7, 11) is 1.92. The smallest absolute Gasteiger partial charge is 0.222 e. The fourth-order valence-electron chi connectivity index (χ4n) is 3.74. The van der Waals surface area contributed by atoms with Crippen LogP contribution in [0.2, 0.25) is 0 Å². The number of aromatic nitrogens is 2. The van der Waals surface area contributed by atoms with E-state index in [2.05, 4.69) is 37.8 Å². The van der Waals surface area contributed by atoms with Gasteiger partial charge in [-0.1, -0.05) is 68.8 Å². The summed E-state index contributed by atoms with van der Waals surface area (Å²) in [6, 6.07) is 18.3. The highest BCUT2D eigenvalue weighted by Crippen LogP contribution is 2.34. The first-order valence-corrected chi connectivity index (χ1v) is 11.1. The Kier molecular flexibility index (Phi) is 7.88. The lowest BCUT2D eigenvalue weighted by molar-refractivity contribution is 0.0982. The van der Waals surface area contributed by atoms with Gasteiger partial charge in [0.1, 0.15) is 11.4 Å². The molecular formula is C26H35N3O2. The van der Waals surface area contributed by atoms with Gasteiger partial charge < -0.3 is 9.84 Å². The van der Waals surface area contributed by atoms with Gasteiger partial charge in [-0.3, -0.25) is 4.90 Å². The van der Waals surface area contributed by atoms with Crippen molar-refractivity contribution in [2.45, 2.75) is 46.8 Å². The number of ether oxygens (including phenoxy) is 1. The minimum Gasteiger partial charge on any atom is -0.439 e. The average molecular weight is 422 g/mol. The minimum atomic E-state index is -0.350. The molecule has 0 aliphatic rings. The lowest BCUT2D eigenvalue weighted by Crippen LogP contribution is -2.34. The number of hydrogen-bond donors (Lipinski definition) is 1. The van der Waals surface area contributed by atoms with E-state index in [-0.39, 0.29) is 6.10 Å². The molecule has 3 rings (SSSR count). The van der Waals surface area contributed by atoms with Gasteiger partial charge in [0, 0.05) is 32.2 Å². The van der Waals surface area contributed by atoms with Crippen LogP contribution in [0.15, 0.2) is 54.6 Å². The number of rotatable bonds is 10. The Hall–Kier alpha value is -2.63. The Bertz CT molecular complexity index is 949. The zero-order valence-electron chi connectivity index (χ0n) is 19.4. The van der Waals surface area contributed by atoms with Crippen LogP contribution < -0.4 is 4.74 Å². The molecule has 31 heavy (non-hydrogen) atoms. The predicted molar refractivity (Wildman–Crippen MR) is 126 cm³/mol. The van der Waals surface area contributed by atoms with Gasteiger partial charge in [0.2, 0.25) is 5.88 Å². The third-order valence-corrected chi connectivity index (χ3v) is 5.32.